The molecule has 1 aliphatic carbocycles. The SMILES string of the molecule is CCn1cc(C)nc1NC1C(C)(C)C1(C)C. The molecular formula is C13H23N3. The van der Waals surface area contributed by atoms with Gasteiger partial charge in [0.15, 0.2) is 0 Å². The van der Waals surface area contributed by atoms with Crippen LogP contribution in [0.4, 0.5) is 5.95 Å². The van der Waals surface area contributed by atoms with Crippen molar-refractivity contribution in [3.63, 3.8) is 0 Å². The minimum absolute atomic E-state index is 0.353. The van der Waals surface area contributed by atoms with Crippen LogP contribution >= 0.6 is 0 Å². The molecule has 0 aromatic carbocycles. The summed E-state index contributed by atoms with van der Waals surface area (Å²) < 4.78 is 2.18. The second-order valence-corrected chi connectivity index (χ2v) is 6.01. The van der Waals surface area contributed by atoms with Gasteiger partial charge < -0.3 is 9.88 Å². The third-order valence-electron chi connectivity index (χ3n) is 4.53. The molecule has 2 rings (SSSR count). The molecule has 1 fully saturated rings. The first-order chi connectivity index (χ1) is 7.30. The molecule has 1 aromatic rings. The van der Waals surface area contributed by atoms with E-state index in [1.165, 1.54) is 0 Å². The summed E-state index contributed by atoms with van der Waals surface area (Å²) in [6, 6.07) is 0.520. The van der Waals surface area contributed by atoms with Crippen molar-refractivity contribution >= 4 is 5.95 Å². The van der Waals surface area contributed by atoms with Crippen LogP contribution in [0, 0.1) is 17.8 Å². The van der Waals surface area contributed by atoms with Crippen LogP contribution in [0.15, 0.2) is 6.20 Å². The molecule has 1 aromatic heterocycles. The van der Waals surface area contributed by atoms with E-state index in [-0.39, 0.29) is 0 Å². The number of nitrogens with zero attached hydrogens (tertiary/aromatic N) is 2. The van der Waals surface area contributed by atoms with Gasteiger partial charge >= 0.3 is 0 Å². The van der Waals surface area contributed by atoms with E-state index in [4.69, 9.17) is 0 Å². The summed E-state index contributed by atoms with van der Waals surface area (Å²) in [4.78, 5) is 4.54. The van der Waals surface area contributed by atoms with Gasteiger partial charge in [-0.1, -0.05) is 27.7 Å². The van der Waals surface area contributed by atoms with Crippen LogP contribution in [0.5, 0.6) is 0 Å². The maximum Gasteiger partial charge on any atom is 0.203 e. The minimum atomic E-state index is 0.353. The number of hydrogen-bond donors (Lipinski definition) is 1. The lowest BCUT2D eigenvalue weighted by Crippen LogP contribution is -2.14. The molecule has 90 valence electrons. The molecule has 3 heteroatoms. The summed E-state index contributed by atoms with van der Waals surface area (Å²) in [7, 11) is 0. The average Bonchev–Trinajstić information content (AvgIpc) is 2.49. The van der Waals surface area contributed by atoms with Gasteiger partial charge in [0, 0.05) is 18.8 Å². The van der Waals surface area contributed by atoms with Crippen LogP contribution in [0.1, 0.15) is 40.3 Å². The molecule has 3 nitrogen and oxygen atoms in total. The fourth-order valence-corrected chi connectivity index (χ4v) is 2.59. The molecule has 0 bridgehead atoms. The van der Waals surface area contributed by atoms with Gasteiger partial charge in [0.2, 0.25) is 5.95 Å². The van der Waals surface area contributed by atoms with Crippen molar-refractivity contribution in [2.24, 2.45) is 10.8 Å². The quantitative estimate of drug-likeness (QED) is 0.850. The highest BCUT2D eigenvalue weighted by Crippen LogP contribution is 2.63. The fraction of sp³-hybridized carbons (Fsp3) is 0.769. The fourth-order valence-electron chi connectivity index (χ4n) is 2.59. The van der Waals surface area contributed by atoms with Crippen LogP contribution in [0.25, 0.3) is 0 Å². The first kappa shape index (κ1) is 11.5. The highest BCUT2D eigenvalue weighted by Gasteiger charge is 2.65. The lowest BCUT2D eigenvalue weighted by molar-refractivity contribution is 0.457. The minimum Gasteiger partial charge on any atom is -0.352 e. The maximum absolute atomic E-state index is 4.54. The van der Waals surface area contributed by atoms with Gasteiger partial charge in [-0.05, 0) is 24.7 Å². The van der Waals surface area contributed by atoms with Crippen molar-refractivity contribution in [2.75, 3.05) is 5.32 Å². The Morgan fingerprint density at radius 2 is 1.88 bits per heavy atom. The summed E-state index contributed by atoms with van der Waals surface area (Å²) in [5.74, 6) is 1.02. The number of rotatable bonds is 3. The van der Waals surface area contributed by atoms with Crippen LogP contribution < -0.4 is 5.32 Å². The summed E-state index contributed by atoms with van der Waals surface area (Å²) in [6.07, 6.45) is 2.10. The Kier molecular flexibility index (Phi) is 2.34. The molecule has 0 spiro atoms. The molecule has 0 radical (unpaired) electrons. The summed E-state index contributed by atoms with van der Waals surface area (Å²) in [5, 5.41) is 3.59. The lowest BCUT2D eigenvalue weighted by atomic mass is 10.0. The van der Waals surface area contributed by atoms with E-state index in [1.807, 2.05) is 6.92 Å². The Hall–Kier alpha value is -0.990. The van der Waals surface area contributed by atoms with E-state index in [0.717, 1.165) is 18.2 Å². The van der Waals surface area contributed by atoms with Crippen LogP contribution in [-0.4, -0.2) is 15.6 Å². The van der Waals surface area contributed by atoms with Crippen molar-refractivity contribution in [1.82, 2.24) is 9.55 Å². The Morgan fingerprint density at radius 1 is 1.31 bits per heavy atom. The molecular weight excluding hydrogens is 198 g/mol. The Labute approximate surface area is 98.3 Å². The molecule has 0 saturated heterocycles. The van der Waals surface area contributed by atoms with E-state index >= 15 is 0 Å². The second-order valence-electron chi connectivity index (χ2n) is 6.01. The van der Waals surface area contributed by atoms with Crippen molar-refractivity contribution in [3.05, 3.63) is 11.9 Å². The van der Waals surface area contributed by atoms with Crippen LogP contribution in [0.2, 0.25) is 0 Å². The Balaban J connectivity index is 2.17. The smallest absolute Gasteiger partial charge is 0.203 e. The first-order valence-electron chi connectivity index (χ1n) is 6.11. The lowest BCUT2D eigenvalue weighted by Gasteiger charge is -2.09. The number of aromatic nitrogens is 2. The van der Waals surface area contributed by atoms with Gasteiger partial charge in [0.1, 0.15) is 0 Å². The largest absolute Gasteiger partial charge is 0.352 e. The number of imidazole rings is 1. The van der Waals surface area contributed by atoms with Gasteiger partial charge in [-0.2, -0.15) is 0 Å². The highest BCUT2D eigenvalue weighted by atomic mass is 15.2. The molecule has 1 saturated carbocycles. The summed E-state index contributed by atoms with van der Waals surface area (Å²) >= 11 is 0. The first-order valence-corrected chi connectivity index (χ1v) is 6.11. The van der Waals surface area contributed by atoms with Crippen LogP contribution in [0.3, 0.4) is 0 Å². The summed E-state index contributed by atoms with van der Waals surface area (Å²) in [5.41, 5.74) is 1.79. The van der Waals surface area contributed by atoms with Gasteiger partial charge in [0.25, 0.3) is 0 Å². The van der Waals surface area contributed by atoms with E-state index in [0.29, 0.717) is 16.9 Å². The van der Waals surface area contributed by atoms with Crippen molar-refractivity contribution in [2.45, 2.75) is 54.1 Å². The predicted molar refractivity (Wildman–Crippen MR) is 67.6 cm³/mol. The topological polar surface area (TPSA) is 29.9 Å². The average molecular weight is 221 g/mol. The van der Waals surface area contributed by atoms with E-state index in [9.17, 15) is 0 Å². The van der Waals surface area contributed by atoms with Crippen molar-refractivity contribution in [1.29, 1.82) is 0 Å². The van der Waals surface area contributed by atoms with Gasteiger partial charge in [-0.25, -0.2) is 4.98 Å². The third-order valence-corrected chi connectivity index (χ3v) is 4.53. The number of aryl methyl sites for hydroxylation is 2. The zero-order chi connectivity index (χ0) is 12.1. The number of nitrogens with one attached hydrogen (secondary N) is 1. The van der Waals surface area contributed by atoms with Crippen molar-refractivity contribution in [3.8, 4) is 0 Å². The van der Waals surface area contributed by atoms with Gasteiger partial charge in [-0.15, -0.1) is 0 Å². The maximum atomic E-state index is 4.54. The molecule has 1 N–H and O–H groups in total. The molecule has 1 aliphatic rings. The second kappa shape index (κ2) is 3.25. The van der Waals surface area contributed by atoms with E-state index < -0.39 is 0 Å². The predicted octanol–water partition coefficient (Wildman–Crippen LogP) is 3.06. The van der Waals surface area contributed by atoms with Crippen LogP contribution in [-0.2, 0) is 6.54 Å². The van der Waals surface area contributed by atoms with Gasteiger partial charge in [0.05, 0.1) is 5.69 Å². The summed E-state index contributed by atoms with van der Waals surface area (Å²) in [6.45, 7) is 14.4. The normalized spacial score (nSPS) is 22.1. The number of anilines is 1. The van der Waals surface area contributed by atoms with E-state index in [1.54, 1.807) is 0 Å². The molecule has 0 amide bonds. The molecule has 16 heavy (non-hydrogen) atoms. The zero-order valence-corrected chi connectivity index (χ0v) is 11.3. The highest BCUT2D eigenvalue weighted by molar-refractivity contribution is 5.38. The molecule has 0 aliphatic heterocycles. The zero-order valence-electron chi connectivity index (χ0n) is 11.3. The third kappa shape index (κ3) is 1.45. The molecule has 0 atom stereocenters. The molecule has 1 heterocycles. The Bertz CT molecular complexity index is 387. The van der Waals surface area contributed by atoms with E-state index in [2.05, 4.69) is 55.7 Å². The van der Waals surface area contributed by atoms with Crippen molar-refractivity contribution < 1.29 is 0 Å². The standard InChI is InChI=1S/C13H23N3/c1-7-16-8-9(2)14-11(16)15-10-12(3,4)13(10,5)6/h8,10H,7H2,1-6H3,(H,14,15). The van der Waals surface area contributed by atoms with Gasteiger partial charge in [-0.3, -0.25) is 0 Å². The number of hydrogen-bond acceptors (Lipinski definition) is 2. The monoisotopic (exact) mass is 221 g/mol. The molecule has 0 unspecified atom stereocenters. The Morgan fingerprint density at radius 3 is 2.31 bits per heavy atom.